The number of oxazole rings is 1. The minimum atomic E-state index is -0.648. The quantitative estimate of drug-likeness (QED) is 0.627. The van der Waals surface area contributed by atoms with E-state index in [1.807, 2.05) is 36.4 Å². The van der Waals surface area contributed by atoms with Gasteiger partial charge in [0.1, 0.15) is 6.04 Å². The van der Waals surface area contributed by atoms with Crippen molar-refractivity contribution in [2.24, 2.45) is 12.8 Å². The Balaban J connectivity index is 1.42. The molecule has 2 heterocycles. The van der Waals surface area contributed by atoms with Gasteiger partial charge in [-0.15, -0.1) is 0 Å². The number of nitrogens with one attached hydrogen (secondary N) is 1. The summed E-state index contributed by atoms with van der Waals surface area (Å²) in [6.07, 6.45) is 1.17. The number of aryl methyl sites for hydroxylation is 1. The van der Waals surface area contributed by atoms with Gasteiger partial charge in [0.15, 0.2) is 5.58 Å². The molecular formula is C23H24N4O4. The number of nitrogens with zero attached hydrogens (tertiary/aromatic N) is 2. The van der Waals surface area contributed by atoms with Gasteiger partial charge in [0.2, 0.25) is 5.91 Å². The maximum atomic E-state index is 12.3. The van der Waals surface area contributed by atoms with Gasteiger partial charge in [-0.25, -0.2) is 4.79 Å². The van der Waals surface area contributed by atoms with Gasteiger partial charge < -0.3 is 20.2 Å². The van der Waals surface area contributed by atoms with E-state index >= 15 is 0 Å². The van der Waals surface area contributed by atoms with Gasteiger partial charge in [0.05, 0.1) is 23.7 Å². The van der Waals surface area contributed by atoms with Gasteiger partial charge in [-0.05, 0) is 35.2 Å². The van der Waals surface area contributed by atoms with E-state index in [0.29, 0.717) is 31.6 Å². The SMILES string of the molecule is Cn1c(=O)oc2ccc(-c3ccc(C[C@@H](C#N)NC(=O)CC4(N)CCOC4)cc3)cc21. The molecule has 2 atom stereocenters. The van der Waals surface area contributed by atoms with Crippen LogP contribution in [-0.2, 0) is 23.0 Å². The number of benzene rings is 2. The lowest BCUT2D eigenvalue weighted by Crippen LogP contribution is -2.47. The molecule has 1 fully saturated rings. The maximum Gasteiger partial charge on any atom is 0.419 e. The molecule has 0 saturated carbocycles. The Bertz CT molecular complexity index is 1200. The Morgan fingerprint density at radius 2 is 2.03 bits per heavy atom. The summed E-state index contributed by atoms with van der Waals surface area (Å²) in [7, 11) is 1.67. The second kappa shape index (κ2) is 8.38. The predicted octanol–water partition coefficient (Wildman–Crippen LogP) is 1.86. The first-order chi connectivity index (χ1) is 14.9. The fraction of sp³-hybridized carbons (Fsp3) is 0.348. The number of rotatable bonds is 6. The van der Waals surface area contributed by atoms with Crippen molar-refractivity contribution >= 4 is 17.0 Å². The van der Waals surface area contributed by atoms with Gasteiger partial charge in [-0.1, -0.05) is 30.3 Å². The third kappa shape index (κ3) is 4.53. The molecule has 160 valence electrons. The van der Waals surface area contributed by atoms with E-state index < -0.39 is 17.3 Å². The Morgan fingerprint density at radius 3 is 2.71 bits per heavy atom. The molecule has 8 nitrogen and oxygen atoms in total. The predicted molar refractivity (Wildman–Crippen MR) is 115 cm³/mol. The largest absolute Gasteiger partial charge is 0.419 e. The average Bonchev–Trinajstić information content (AvgIpc) is 3.30. The Hall–Kier alpha value is -3.41. The summed E-state index contributed by atoms with van der Waals surface area (Å²) < 4.78 is 11.9. The minimum absolute atomic E-state index is 0.142. The standard InChI is InChI=1S/C23H24N4O4/c1-27-19-11-17(6-7-20(19)31-22(27)29)16-4-2-15(3-5-16)10-18(13-24)26-21(28)12-23(25)8-9-30-14-23/h2-7,11,18H,8-10,12,14,25H2,1H3,(H,26,28)/t18-,23?/m0/s1. The zero-order valence-corrected chi connectivity index (χ0v) is 17.3. The fourth-order valence-corrected chi connectivity index (χ4v) is 3.83. The van der Waals surface area contributed by atoms with E-state index in [9.17, 15) is 14.9 Å². The van der Waals surface area contributed by atoms with Crippen LogP contribution in [0.3, 0.4) is 0 Å². The van der Waals surface area contributed by atoms with Crippen molar-refractivity contribution in [2.75, 3.05) is 13.2 Å². The highest BCUT2D eigenvalue weighted by atomic mass is 16.5. The number of nitriles is 1. The van der Waals surface area contributed by atoms with Crippen molar-refractivity contribution in [1.29, 1.82) is 5.26 Å². The van der Waals surface area contributed by atoms with E-state index in [-0.39, 0.29) is 12.3 Å². The van der Waals surface area contributed by atoms with Gasteiger partial charge >= 0.3 is 5.76 Å². The highest BCUT2D eigenvalue weighted by Gasteiger charge is 2.33. The lowest BCUT2D eigenvalue weighted by molar-refractivity contribution is -0.122. The van der Waals surface area contributed by atoms with E-state index in [4.69, 9.17) is 14.9 Å². The summed E-state index contributed by atoms with van der Waals surface area (Å²) in [5, 5.41) is 12.2. The topological polar surface area (TPSA) is 123 Å². The third-order valence-electron chi connectivity index (χ3n) is 5.66. The lowest BCUT2D eigenvalue weighted by Gasteiger charge is -2.22. The second-order valence-corrected chi connectivity index (χ2v) is 8.10. The molecule has 2 aromatic carbocycles. The molecule has 1 amide bonds. The average molecular weight is 420 g/mol. The third-order valence-corrected chi connectivity index (χ3v) is 5.66. The normalized spacial score (nSPS) is 19.3. The van der Waals surface area contributed by atoms with Crippen LogP contribution >= 0.6 is 0 Å². The summed E-state index contributed by atoms with van der Waals surface area (Å²) in [6.45, 7) is 0.916. The molecule has 0 aliphatic carbocycles. The molecule has 0 bridgehead atoms. The molecule has 4 rings (SSSR count). The number of carbonyl (C=O) groups is 1. The van der Waals surface area contributed by atoms with Gasteiger partial charge in [0, 0.05) is 26.5 Å². The summed E-state index contributed by atoms with van der Waals surface area (Å²) in [5.41, 5.74) is 9.63. The molecule has 0 spiro atoms. The number of hydrogen-bond donors (Lipinski definition) is 2. The van der Waals surface area contributed by atoms with Crippen molar-refractivity contribution in [2.45, 2.75) is 30.8 Å². The summed E-state index contributed by atoms with van der Waals surface area (Å²) >= 11 is 0. The molecular weight excluding hydrogens is 396 g/mol. The number of ether oxygens (including phenoxy) is 1. The first-order valence-electron chi connectivity index (χ1n) is 10.1. The number of fused-ring (bicyclic) bond motifs is 1. The van der Waals surface area contributed by atoms with Crippen LogP contribution in [0.25, 0.3) is 22.2 Å². The lowest BCUT2D eigenvalue weighted by atomic mass is 9.95. The minimum Gasteiger partial charge on any atom is -0.408 e. The van der Waals surface area contributed by atoms with Crippen molar-refractivity contribution in [3.8, 4) is 17.2 Å². The van der Waals surface area contributed by atoms with Crippen LogP contribution in [0.5, 0.6) is 0 Å². The molecule has 1 saturated heterocycles. The number of hydrogen-bond acceptors (Lipinski definition) is 6. The second-order valence-electron chi connectivity index (χ2n) is 8.10. The van der Waals surface area contributed by atoms with Crippen LogP contribution < -0.4 is 16.8 Å². The summed E-state index contributed by atoms with van der Waals surface area (Å²) in [4.78, 5) is 24.0. The fourth-order valence-electron chi connectivity index (χ4n) is 3.83. The Morgan fingerprint density at radius 1 is 1.29 bits per heavy atom. The van der Waals surface area contributed by atoms with Crippen molar-refractivity contribution in [3.63, 3.8) is 0 Å². The first-order valence-corrected chi connectivity index (χ1v) is 10.1. The number of aromatic nitrogens is 1. The molecule has 1 aromatic heterocycles. The van der Waals surface area contributed by atoms with E-state index in [1.165, 1.54) is 4.57 Å². The molecule has 3 aromatic rings. The van der Waals surface area contributed by atoms with Crippen LogP contribution in [0.15, 0.2) is 51.7 Å². The van der Waals surface area contributed by atoms with Crippen LogP contribution in [-0.4, -0.2) is 35.3 Å². The number of nitrogens with two attached hydrogens (primary N) is 1. The van der Waals surface area contributed by atoms with Crippen molar-refractivity contribution < 1.29 is 13.9 Å². The van der Waals surface area contributed by atoms with Crippen molar-refractivity contribution in [1.82, 2.24) is 9.88 Å². The monoisotopic (exact) mass is 420 g/mol. The molecule has 3 N–H and O–H groups in total. The van der Waals surface area contributed by atoms with Gasteiger partial charge in [-0.3, -0.25) is 9.36 Å². The molecule has 0 radical (unpaired) electrons. The van der Waals surface area contributed by atoms with Crippen LogP contribution in [0.4, 0.5) is 0 Å². The van der Waals surface area contributed by atoms with Crippen LogP contribution in [0.1, 0.15) is 18.4 Å². The van der Waals surface area contributed by atoms with Crippen molar-refractivity contribution in [3.05, 3.63) is 58.6 Å². The molecule has 8 heteroatoms. The molecule has 1 unspecified atom stereocenters. The number of carbonyl (C=O) groups excluding carboxylic acids is 1. The highest BCUT2D eigenvalue weighted by molar-refractivity contribution is 5.80. The summed E-state index contributed by atoms with van der Waals surface area (Å²) in [5.74, 6) is -0.636. The smallest absolute Gasteiger partial charge is 0.408 e. The molecule has 1 aliphatic rings. The Kier molecular flexibility index (Phi) is 5.63. The maximum absolute atomic E-state index is 12.3. The first kappa shape index (κ1) is 20.8. The van der Waals surface area contributed by atoms with Gasteiger partial charge in [0.25, 0.3) is 0 Å². The van der Waals surface area contributed by atoms with E-state index in [0.717, 1.165) is 22.2 Å². The zero-order chi connectivity index (χ0) is 22.0. The van der Waals surface area contributed by atoms with Crippen LogP contribution in [0.2, 0.25) is 0 Å². The molecule has 31 heavy (non-hydrogen) atoms. The van der Waals surface area contributed by atoms with Crippen LogP contribution in [0, 0.1) is 11.3 Å². The molecule has 1 aliphatic heterocycles. The zero-order valence-electron chi connectivity index (χ0n) is 17.3. The summed E-state index contributed by atoms with van der Waals surface area (Å²) in [6, 6.07) is 14.9. The Labute approximate surface area is 179 Å². The van der Waals surface area contributed by atoms with E-state index in [1.54, 1.807) is 13.1 Å². The van der Waals surface area contributed by atoms with Gasteiger partial charge in [-0.2, -0.15) is 5.26 Å². The van der Waals surface area contributed by atoms with E-state index in [2.05, 4.69) is 11.4 Å². The number of amides is 1. The highest BCUT2D eigenvalue weighted by Crippen LogP contribution is 2.24.